The molecule has 17 heavy (non-hydrogen) atoms. The van der Waals surface area contributed by atoms with E-state index < -0.39 is 5.54 Å². The molecule has 0 saturated carbocycles. The van der Waals surface area contributed by atoms with Gasteiger partial charge in [-0.3, -0.25) is 4.79 Å². The normalized spacial score (nSPS) is 13.2. The van der Waals surface area contributed by atoms with Crippen LogP contribution in [0.2, 0.25) is 5.02 Å². The highest BCUT2D eigenvalue weighted by atomic mass is 35.5. The maximum atomic E-state index is 11.7. The van der Waals surface area contributed by atoms with Crippen molar-refractivity contribution in [1.29, 1.82) is 0 Å². The summed E-state index contributed by atoms with van der Waals surface area (Å²) < 4.78 is 0. The summed E-state index contributed by atoms with van der Waals surface area (Å²) in [6, 6.07) is 7.39. The Labute approximate surface area is 107 Å². The number of nitrogens with two attached hydrogens (primary N) is 1. The lowest BCUT2D eigenvalue weighted by molar-refractivity contribution is -0.122. The van der Waals surface area contributed by atoms with Crippen molar-refractivity contribution in [2.75, 3.05) is 0 Å². The molecular formula is C13H19ClN2O. The highest BCUT2D eigenvalue weighted by molar-refractivity contribution is 6.30. The highest BCUT2D eigenvalue weighted by Gasteiger charge is 2.18. The van der Waals surface area contributed by atoms with E-state index in [0.29, 0.717) is 11.4 Å². The van der Waals surface area contributed by atoms with Crippen LogP contribution in [-0.2, 0) is 4.79 Å². The maximum Gasteiger partial charge on any atom is 0.222 e. The van der Waals surface area contributed by atoms with Gasteiger partial charge in [-0.1, -0.05) is 23.7 Å². The molecule has 0 aliphatic carbocycles. The highest BCUT2D eigenvalue weighted by Crippen LogP contribution is 2.17. The van der Waals surface area contributed by atoms with E-state index in [-0.39, 0.29) is 11.9 Å². The van der Waals surface area contributed by atoms with Gasteiger partial charge in [0.25, 0.3) is 0 Å². The third-order valence-corrected chi connectivity index (χ3v) is 2.58. The second-order valence-corrected chi connectivity index (χ2v) is 5.45. The van der Waals surface area contributed by atoms with Crippen LogP contribution in [0.25, 0.3) is 0 Å². The lowest BCUT2D eigenvalue weighted by Gasteiger charge is -2.20. The van der Waals surface area contributed by atoms with Crippen molar-refractivity contribution in [3.8, 4) is 0 Å². The quantitative estimate of drug-likeness (QED) is 0.868. The van der Waals surface area contributed by atoms with E-state index in [9.17, 15) is 4.79 Å². The van der Waals surface area contributed by atoms with Crippen molar-refractivity contribution in [2.24, 2.45) is 5.73 Å². The Hall–Kier alpha value is -1.06. The molecule has 0 unspecified atom stereocenters. The van der Waals surface area contributed by atoms with Crippen molar-refractivity contribution in [2.45, 2.75) is 38.8 Å². The van der Waals surface area contributed by atoms with E-state index in [0.717, 1.165) is 5.56 Å². The summed E-state index contributed by atoms with van der Waals surface area (Å²) in [5.41, 5.74) is 6.29. The molecule has 4 heteroatoms. The lowest BCUT2D eigenvalue weighted by Crippen LogP contribution is -2.39. The van der Waals surface area contributed by atoms with Gasteiger partial charge in [-0.25, -0.2) is 0 Å². The Balaban J connectivity index is 2.61. The number of benzene rings is 1. The average Bonchev–Trinajstić information content (AvgIpc) is 2.14. The first-order chi connectivity index (χ1) is 7.78. The molecule has 3 N–H and O–H groups in total. The molecule has 0 aliphatic rings. The first kappa shape index (κ1) is 14.0. The minimum atomic E-state index is -0.488. The number of rotatable bonds is 4. The molecule has 0 aliphatic heterocycles. The van der Waals surface area contributed by atoms with E-state index in [4.69, 9.17) is 17.3 Å². The minimum absolute atomic E-state index is 0.0509. The first-order valence-electron chi connectivity index (χ1n) is 5.61. The van der Waals surface area contributed by atoms with Gasteiger partial charge in [-0.2, -0.15) is 0 Å². The van der Waals surface area contributed by atoms with Crippen LogP contribution in [0.1, 0.15) is 38.8 Å². The second kappa shape index (κ2) is 5.52. The number of carbonyl (C=O) groups excluding carboxylic acids is 1. The Morgan fingerprint density at radius 1 is 1.53 bits per heavy atom. The molecule has 1 amide bonds. The van der Waals surface area contributed by atoms with Gasteiger partial charge in [0, 0.05) is 17.0 Å². The largest absolute Gasteiger partial charge is 0.350 e. The first-order valence-corrected chi connectivity index (χ1v) is 5.99. The summed E-state index contributed by atoms with van der Waals surface area (Å²) in [4.78, 5) is 11.7. The summed E-state index contributed by atoms with van der Waals surface area (Å²) in [6.07, 6.45) is 0.303. The van der Waals surface area contributed by atoms with E-state index in [2.05, 4.69) is 5.32 Å². The number of hydrogen-bond acceptors (Lipinski definition) is 2. The molecule has 0 saturated heterocycles. The van der Waals surface area contributed by atoms with Crippen LogP contribution in [0.5, 0.6) is 0 Å². The van der Waals surface area contributed by atoms with Gasteiger partial charge >= 0.3 is 0 Å². The standard InChI is InChI=1S/C13H19ClN2O/c1-9(10-5-4-6-11(14)7-10)16-12(17)8-13(2,3)15/h4-7,9H,8,15H2,1-3H3,(H,16,17)/t9-/m1/s1. The maximum absolute atomic E-state index is 11.7. The fourth-order valence-electron chi connectivity index (χ4n) is 1.57. The summed E-state index contributed by atoms with van der Waals surface area (Å²) in [7, 11) is 0. The van der Waals surface area contributed by atoms with Crippen molar-refractivity contribution in [3.05, 3.63) is 34.9 Å². The molecule has 0 bridgehead atoms. The van der Waals surface area contributed by atoms with Crippen LogP contribution >= 0.6 is 11.6 Å². The van der Waals surface area contributed by atoms with Crippen molar-refractivity contribution >= 4 is 17.5 Å². The molecule has 94 valence electrons. The van der Waals surface area contributed by atoms with Crippen LogP contribution < -0.4 is 11.1 Å². The molecule has 0 fully saturated rings. The molecule has 1 aromatic rings. The van der Waals surface area contributed by atoms with Crippen LogP contribution in [0.3, 0.4) is 0 Å². The Morgan fingerprint density at radius 3 is 2.71 bits per heavy atom. The minimum Gasteiger partial charge on any atom is -0.350 e. The number of hydrogen-bond donors (Lipinski definition) is 2. The summed E-state index contributed by atoms with van der Waals surface area (Å²) in [5.74, 6) is -0.0509. The smallest absolute Gasteiger partial charge is 0.222 e. The van der Waals surface area contributed by atoms with Crippen LogP contribution in [-0.4, -0.2) is 11.4 Å². The van der Waals surface area contributed by atoms with Gasteiger partial charge in [0.1, 0.15) is 0 Å². The second-order valence-electron chi connectivity index (χ2n) is 5.01. The zero-order chi connectivity index (χ0) is 13.1. The lowest BCUT2D eigenvalue weighted by atomic mass is 10.0. The Kier molecular flexibility index (Phi) is 4.54. The summed E-state index contributed by atoms with van der Waals surface area (Å²) >= 11 is 5.90. The van der Waals surface area contributed by atoms with Crippen molar-refractivity contribution < 1.29 is 4.79 Å². The molecule has 0 heterocycles. The topological polar surface area (TPSA) is 55.1 Å². The Morgan fingerprint density at radius 2 is 2.18 bits per heavy atom. The summed E-state index contributed by atoms with van der Waals surface area (Å²) in [6.45, 7) is 5.58. The zero-order valence-electron chi connectivity index (χ0n) is 10.5. The van der Waals surface area contributed by atoms with E-state index in [1.54, 1.807) is 0 Å². The molecule has 0 radical (unpaired) electrons. The third kappa shape index (κ3) is 5.20. The molecule has 3 nitrogen and oxygen atoms in total. The fraction of sp³-hybridized carbons (Fsp3) is 0.462. The van der Waals surface area contributed by atoms with E-state index in [1.807, 2.05) is 45.0 Å². The van der Waals surface area contributed by atoms with Crippen LogP contribution in [0.15, 0.2) is 24.3 Å². The monoisotopic (exact) mass is 254 g/mol. The van der Waals surface area contributed by atoms with Crippen molar-refractivity contribution in [1.82, 2.24) is 5.32 Å². The van der Waals surface area contributed by atoms with Gasteiger partial charge < -0.3 is 11.1 Å². The fourth-order valence-corrected chi connectivity index (χ4v) is 1.76. The van der Waals surface area contributed by atoms with E-state index >= 15 is 0 Å². The molecule has 0 spiro atoms. The predicted molar refractivity (Wildman–Crippen MR) is 70.9 cm³/mol. The number of amides is 1. The molecule has 1 rings (SSSR count). The summed E-state index contributed by atoms with van der Waals surface area (Å²) in [5, 5.41) is 3.57. The number of nitrogens with one attached hydrogen (secondary N) is 1. The van der Waals surface area contributed by atoms with Gasteiger partial charge in [0.2, 0.25) is 5.91 Å². The number of halogens is 1. The molecular weight excluding hydrogens is 236 g/mol. The Bertz CT molecular complexity index is 399. The molecule has 0 aromatic heterocycles. The van der Waals surface area contributed by atoms with Gasteiger partial charge in [-0.15, -0.1) is 0 Å². The van der Waals surface area contributed by atoms with E-state index in [1.165, 1.54) is 0 Å². The SMILES string of the molecule is C[C@@H](NC(=O)CC(C)(C)N)c1cccc(Cl)c1. The molecule has 1 atom stereocenters. The predicted octanol–water partition coefficient (Wildman–Crippen LogP) is 2.64. The zero-order valence-corrected chi connectivity index (χ0v) is 11.2. The molecule has 1 aromatic carbocycles. The number of carbonyl (C=O) groups is 1. The van der Waals surface area contributed by atoms with Crippen LogP contribution in [0, 0.1) is 0 Å². The van der Waals surface area contributed by atoms with Crippen LogP contribution in [0.4, 0.5) is 0 Å². The van der Waals surface area contributed by atoms with Gasteiger partial charge in [-0.05, 0) is 38.5 Å². The average molecular weight is 255 g/mol. The third-order valence-electron chi connectivity index (χ3n) is 2.34. The van der Waals surface area contributed by atoms with Crippen molar-refractivity contribution in [3.63, 3.8) is 0 Å². The van der Waals surface area contributed by atoms with Gasteiger partial charge in [0.15, 0.2) is 0 Å². The van der Waals surface area contributed by atoms with Gasteiger partial charge in [0.05, 0.1) is 6.04 Å².